The average molecular weight is 638 g/mol. The van der Waals surface area contributed by atoms with Gasteiger partial charge in [-0.1, -0.05) is 35.3 Å². The highest BCUT2D eigenvalue weighted by molar-refractivity contribution is 6.32. The first-order valence-electron chi connectivity index (χ1n) is 12.0. The van der Waals surface area contributed by atoms with Crippen molar-refractivity contribution in [1.29, 1.82) is 0 Å². The number of alkyl halides is 6. The number of rotatable bonds is 5. The van der Waals surface area contributed by atoms with Crippen molar-refractivity contribution >= 4 is 52.2 Å². The zero-order chi connectivity index (χ0) is 31.1. The van der Waals surface area contributed by atoms with Crippen molar-refractivity contribution in [2.75, 3.05) is 10.6 Å². The molecule has 0 atom stereocenters. The van der Waals surface area contributed by atoms with Crippen LogP contribution in [0.3, 0.4) is 0 Å². The maximum atomic E-state index is 13.2. The van der Waals surface area contributed by atoms with E-state index in [1.807, 2.05) is 0 Å². The molecule has 0 bridgehead atoms. The number of nitrogens with zero attached hydrogens (tertiary/aromatic N) is 3. The number of fused-ring (bicyclic) bond motifs is 1. The summed E-state index contributed by atoms with van der Waals surface area (Å²) in [5, 5.41) is 3.90. The van der Waals surface area contributed by atoms with Gasteiger partial charge in [-0.3, -0.25) is 14.0 Å². The Morgan fingerprint density at radius 2 is 1.33 bits per heavy atom. The molecule has 7 nitrogen and oxygen atoms in total. The van der Waals surface area contributed by atoms with Gasteiger partial charge in [-0.25, -0.2) is 9.97 Å². The molecule has 3 aromatic carbocycles. The Balaban J connectivity index is 1.40. The molecule has 2 N–H and O–H groups in total. The van der Waals surface area contributed by atoms with Crippen LogP contribution in [0.4, 0.5) is 37.8 Å². The Bertz CT molecular complexity index is 1890. The molecule has 0 aliphatic rings. The number of benzene rings is 3. The number of nitrogens with one attached hydrogen (secondary N) is 2. The minimum atomic E-state index is -4.77. The fraction of sp³-hybridized carbons (Fsp3) is 0.0714. The van der Waals surface area contributed by atoms with E-state index in [2.05, 4.69) is 20.6 Å². The molecular formula is C28H15Cl2F6N5O2. The molecule has 2 heterocycles. The molecule has 0 spiro atoms. The lowest BCUT2D eigenvalue weighted by Crippen LogP contribution is -2.16. The van der Waals surface area contributed by atoms with Gasteiger partial charge < -0.3 is 10.6 Å². The van der Waals surface area contributed by atoms with Crippen LogP contribution in [0.15, 0.2) is 79.3 Å². The maximum absolute atomic E-state index is 13.2. The normalized spacial score (nSPS) is 11.9. The molecule has 2 aromatic heterocycles. The molecule has 0 unspecified atom stereocenters. The number of anilines is 2. The van der Waals surface area contributed by atoms with Crippen molar-refractivity contribution in [3.05, 3.63) is 112 Å². The lowest BCUT2D eigenvalue weighted by Gasteiger charge is -2.12. The second-order valence-corrected chi connectivity index (χ2v) is 9.80. The van der Waals surface area contributed by atoms with Gasteiger partial charge in [-0.2, -0.15) is 26.3 Å². The number of carbonyl (C=O) groups excluding carboxylic acids is 2. The zero-order valence-corrected chi connectivity index (χ0v) is 22.7. The fourth-order valence-electron chi connectivity index (χ4n) is 4.13. The van der Waals surface area contributed by atoms with Crippen molar-refractivity contribution in [2.24, 2.45) is 0 Å². The van der Waals surface area contributed by atoms with Gasteiger partial charge in [0.25, 0.3) is 11.8 Å². The molecule has 0 saturated carbocycles. The van der Waals surface area contributed by atoms with Gasteiger partial charge in [0.05, 0.1) is 33.1 Å². The molecule has 5 aromatic rings. The minimum Gasteiger partial charge on any atom is -0.322 e. The molecule has 15 heteroatoms. The molecule has 0 radical (unpaired) electrons. The number of halogens is 8. The van der Waals surface area contributed by atoms with Crippen LogP contribution in [0.25, 0.3) is 16.9 Å². The molecule has 43 heavy (non-hydrogen) atoms. The summed E-state index contributed by atoms with van der Waals surface area (Å²) >= 11 is 11.3. The lowest BCUT2D eigenvalue weighted by atomic mass is 10.1. The van der Waals surface area contributed by atoms with E-state index in [4.69, 9.17) is 23.2 Å². The molecule has 0 aliphatic carbocycles. The third-order valence-electron chi connectivity index (χ3n) is 6.14. The quantitative estimate of drug-likeness (QED) is 0.190. The van der Waals surface area contributed by atoms with E-state index >= 15 is 0 Å². The first-order valence-corrected chi connectivity index (χ1v) is 12.8. The van der Waals surface area contributed by atoms with Crippen molar-refractivity contribution in [3.8, 4) is 11.3 Å². The van der Waals surface area contributed by atoms with Crippen LogP contribution in [-0.4, -0.2) is 26.2 Å². The maximum Gasteiger partial charge on any atom is 0.417 e. The Morgan fingerprint density at radius 3 is 1.91 bits per heavy atom. The van der Waals surface area contributed by atoms with E-state index in [0.29, 0.717) is 23.4 Å². The molecular weight excluding hydrogens is 623 g/mol. The molecule has 2 amide bonds. The van der Waals surface area contributed by atoms with Crippen molar-refractivity contribution in [3.63, 3.8) is 0 Å². The summed E-state index contributed by atoms with van der Waals surface area (Å²) in [6.07, 6.45) is -5.22. The fourth-order valence-corrected chi connectivity index (χ4v) is 4.58. The number of amides is 2. The smallest absolute Gasteiger partial charge is 0.322 e. The summed E-state index contributed by atoms with van der Waals surface area (Å²) in [5.74, 6) is -1.73. The summed E-state index contributed by atoms with van der Waals surface area (Å²) < 4.78 is 80.9. The van der Waals surface area contributed by atoms with Crippen LogP contribution in [0, 0.1) is 0 Å². The zero-order valence-electron chi connectivity index (χ0n) is 21.2. The third-order valence-corrected chi connectivity index (χ3v) is 6.80. The number of hydrogen-bond donors (Lipinski definition) is 2. The summed E-state index contributed by atoms with van der Waals surface area (Å²) in [6.45, 7) is 0. The van der Waals surface area contributed by atoms with Gasteiger partial charge in [0, 0.05) is 34.8 Å². The number of aromatic nitrogens is 3. The summed E-state index contributed by atoms with van der Waals surface area (Å²) in [5.41, 5.74) is -1.47. The topological polar surface area (TPSA) is 88.4 Å². The van der Waals surface area contributed by atoms with Crippen LogP contribution in [0.5, 0.6) is 0 Å². The molecule has 220 valence electrons. The Labute approximate surface area is 248 Å². The van der Waals surface area contributed by atoms with Gasteiger partial charge in [-0.05, 0) is 48.5 Å². The van der Waals surface area contributed by atoms with Crippen LogP contribution in [0.2, 0.25) is 10.0 Å². The van der Waals surface area contributed by atoms with Gasteiger partial charge >= 0.3 is 12.4 Å². The highest BCUT2D eigenvalue weighted by Crippen LogP contribution is 2.36. The number of carbonyl (C=O) groups is 2. The first kappa shape index (κ1) is 29.9. The van der Waals surface area contributed by atoms with Gasteiger partial charge in [-0.15, -0.1) is 0 Å². The largest absolute Gasteiger partial charge is 0.417 e. The summed E-state index contributed by atoms with van der Waals surface area (Å²) in [7, 11) is 0. The van der Waals surface area contributed by atoms with Crippen LogP contribution >= 0.6 is 23.2 Å². The number of hydrogen-bond acceptors (Lipinski definition) is 4. The van der Waals surface area contributed by atoms with E-state index in [0.717, 1.165) is 24.3 Å². The SMILES string of the molecule is O=C(Nc1cccc(-c2cnc3c(NC(=O)c4ccc(Cl)c(C(F)(F)F)c4)nccn23)c1)c1ccc(Cl)c(C(F)(F)F)c1. The average Bonchev–Trinajstić information content (AvgIpc) is 3.37. The van der Waals surface area contributed by atoms with Crippen LogP contribution < -0.4 is 10.6 Å². The highest BCUT2D eigenvalue weighted by Gasteiger charge is 2.35. The van der Waals surface area contributed by atoms with Gasteiger partial charge in [0.15, 0.2) is 11.5 Å². The van der Waals surface area contributed by atoms with E-state index in [1.54, 1.807) is 22.6 Å². The second kappa shape index (κ2) is 11.2. The molecule has 0 saturated heterocycles. The van der Waals surface area contributed by atoms with E-state index in [9.17, 15) is 35.9 Å². The molecule has 0 fully saturated rings. The summed E-state index contributed by atoms with van der Waals surface area (Å²) in [4.78, 5) is 33.8. The Kier molecular flexibility index (Phi) is 7.80. The van der Waals surface area contributed by atoms with E-state index < -0.39 is 45.3 Å². The van der Waals surface area contributed by atoms with Crippen LogP contribution in [0.1, 0.15) is 31.8 Å². The number of imidazole rings is 1. The lowest BCUT2D eigenvalue weighted by molar-refractivity contribution is -0.138. The van der Waals surface area contributed by atoms with Crippen molar-refractivity contribution < 1.29 is 35.9 Å². The predicted octanol–water partition coefficient (Wildman–Crippen LogP) is 8.25. The molecule has 5 rings (SSSR count). The first-order chi connectivity index (χ1) is 20.2. The highest BCUT2D eigenvalue weighted by atomic mass is 35.5. The van der Waals surface area contributed by atoms with Crippen LogP contribution in [-0.2, 0) is 12.4 Å². The monoisotopic (exact) mass is 637 g/mol. The Morgan fingerprint density at radius 1 is 0.744 bits per heavy atom. The molecule has 0 aliphatic heterocycles. The second-order valence-electron chi connectivity index (χ2n) is 8.99. The van der Waals surface area contributed by atoms with Crippen molar-refractivity contribution in [2.45, 2.75) is 12.4 Å². The predicted molar refractivity (Wildman–Crippen MR) is 147 cm³/mol. The standard InChI is InChI=1S/C28H15Cl2F6N5O2/c29-20-6-4-15(11-18(20)27(31,32)33)25(42)39-17-3-1-2-14(10-17)22-13-38-24-23(37-8-9-41(22)24)40-26(43)16-5-7-21(30)19(12-16)28(34,35)36/h1-13H,(H,39,42)(H,37,40,43). The van der Waals surface area contributed by atoms with Gasteiger partial charge in [0.1, 0.15) is 0 Å². The van der Waals surface area contributed by atoms with Gasteiger partial charge in [0.2, 0.25) is 0 Å². The minimum absolute atomic E-state index is 0.0464. The van der Waals surface area contributed by atoms with E-state index in [-0.39, 0.29) is 28.3 Å². The van der Waals surface area contributed by atoms with E-state index in [1.165, 1.54) is 24.7 Å². The summed E-state index contributed by atoms with van der Waals surface area (Å²) in [6, 6.07) is 11.9. The third kappa shape index (κ3) is 6.27. The Hall–Kier alpha value is -4.62. The van der Waals surface area contributed by atoms with Crippen molar-refractivity contribution in [1.82, 2.24) is 14.4 Å².